The lowest BCUT2D eigenvalue weighted by Gasteiger charge is -2.00. The van der Waals surface area contributed by atoms with Crippen LogP contribution in [-0.2, 0) is 14.4 Å². The van der Waals surface area contributed by atoms with Crippen molar-refractivity contribution >= 4 is 66.6 Å². The molecule has 3 rings (SSSR count). The molecular weight excluding hydrogens is 368 g/mol. The number of oxime groups is 1. The largest absolute Gasteiger partial charge is 0.375 e. The molecule has 2 N–H and O–H groups in total. The van der Waals surface area contributed by atoms with Gasteiger partial charge in [0.25, 0.3) is 0 Å². The zero-order valence-corrected chi connectivity index (χ0v) is 14.7. The van der Waals surface area contributed by atoms with Crippen LogP contribution in [-0.4, -0.2) is 26.8 Å². The Kier molecular flexibility index (Phi) is 4.88. The molecule has 7 nitrogen and oxygen atoms in total. The second-order valence-corrected chi connectivity index (χ2v) is 7.57. The highest BCUT2D eigenvalue weighted by molar-refractivity contribution is 8.16. The van der Waals surface area contributed by atoms with Crippen LogP contribution in [0.5, 0.6) is 0 Å². The van der Waals surface area contributed by atoms with Gasteiger partial charge in [0.2, 0.25) is 5.12 Å². The minimum Gasteiger partial charge on any atom is -0.375 e. The molecule has 0 bridgehead atoms. The van der Waals surface area contributed by atoms with E-state index < -0.39 is 11.1 Å². The molecule has 2 aromatic heterocycles. The van der Waals surface area contributed by atoms with E-state index in [4.69, 9.17) is 5.73 Å². The molecule has 0 aliphatic carbocycles. The topological polar surface area (TPSA) is 108 Å². The SMILES string of the molecule is CC(=O)O/N=C(/C(=O)Sc1nc2ccccc2s1)c1csc(N)n1. The second kappa shape index (κ2) is 7.07. The minimum absolute atomic E-state index is 0.0811. The Labute approximate surface area is 148 Å². The zero-order valence-electron chi connectivity index (χ0n) is 12.3. The van der Waals surface area contributed by atoms with E-state index in [9.17, 15) is 9.59 Å². The molecule has 0 radical (unpaired) electrons. The van der Waals surface area contributed by atoms with Gasteiger partial charge in [0.1, 0.15) is 5.69 Å². The number of carbonyl (C=O) groups is 2. The fourth-order valence-corrected chi connectivity index (χ4v) is 4.17. The Morgan fingerprint density at radius 2 is 2.08 bits per heavy atom. The van der Waals surface area contributed by atoms with E-state index in [1.165, 1.54) is 29.6 Å². The number of para-hydroxylation sites is 1. The van der Waals surface area contributed by atoms with Crippen molar-refractivity contribution in [3.8, 4) is 0 Å². The van der Waals surface area contributed by atoms with Gasteiger partial charge in [-0.2, -0.15) is 0 Å². The minimum atomic E-state index is -0.631. The van der Waals surface area contributed by atoms with Crippen LogP contribution in [0.15, 0.2) is 39.1 Å². The standard InChI is InChI=1S/C14H10N4O3S3/c1-7(19)21-18-11(9-6-22-13(15)16-9)12(20)24-14-17-8-4-2-3-5-10(8)23-14/h2-6H,1H3,(H2,15,16)/b18-11+. The Bertz CT molecular complexity index is 915. The number of fused-ring (bicyclic) bond motifs is 1. The maximum absolute atomic E-state index is 12.5. The number of hydrogen-bond donors (Lipinski definition) is 1. The average molecular weight is 378 g/mol. The molecule has 1 aromatic carbocycles. The van der Waals surface area contributed by atoms with Crippen molar-refractivity contribution in [2.75, 3.05) is 5.73 Å². The first kappa shape index (κ1) is 16.6. The number of hydrogen-bond acceptors (Lipinski definition) is 10. The second-order valence-electron chi connectivity index (χ2n) is 4.43. The third kappa shape index (κ3) is 3.78. The number of aromatic nitrogens is 2. The van der Waals surface area contributed by atoms with Crippen LogP contribution in [0.25, 0.3) is 10.2 Å². The third-order valence-corrected chi connectivity index (χ3v) is 5.33. The predicted octanol–water partition coefficient (Wildman–Crippen LogP) is 2.92. The number of benzene rings is 1. The van der Waals surface area contributed by atoms with Gasteiger partial charge in [-0.05, 0) is 23.9 Å². The number of anilines is 1. The van der Waals surface area contributed by atoms with Crippen LogP contribution in [0.1, 0.15) is 12.6 Å². The predicted molar refractivity (Wildman–Crippen MR) is 95.3 cm³/mol. The molecule has 0 unspecified atom stereocenters. The highest BCUT2D eigenvalue weighted by atomic mass is 32.2. The van der Waals surface area contributed by atoms with E-state index in [1.54, 1.807) is 5.38 Å². The summed E-state index contributed by atoms with van der Waals surface area (Å²) < 4.78 is 1.55. The Morgan fingerprint density at radius 1 is 1.29 bits per heavy atom. The summed E-state index contributed by atoms with van der Waals surface area (Å²) in [6, 6.07) is 7.58. The van der Waals surface area contributed by atoms with Gasteiger partial charge in [0, 0.05) is 12.3 Å². The summed E-state index contributed by atoms with van der Waals surface area (Å²) in [5.41, 5.74) is 6.59. The third-order valence-electron chi connectivity index (χ3n) is 2.68. The summed E-state index contributed by atoms with van der Waals surface area (Å²) in [6.45, 7) is 1.20. The zero-order chi connectivity index (χ0) is 17.1. The fraction of sp³-hybridized carbons (Fsp3) is 0.0714. The van der Waals surface area contributed by atoms with Gasteiger partial charge in [-0.1, -0.05) is 17.3 Å². The summed E-state index contributed by atoms with van der Waals surface area (Å²) in [5, 5.41) is 5.06. The summed E-state index contributed by atoms with van der Waals surface area (Å²) in [7, 11) is 0. The van der Waals surface area contributed by atoms with Crippen molar-refractivity contribution in [3.63, 3.8) is 0 Å². The summed E-state index contributed by atoms with van der Waals surface area (Å²) in [4.78, 5) is 36.5. The Morgan fingerprint density at radius 3 is 2.75 bits per heavy atom. The van der Waals surface area contributed by atoms with Gasteiger partial charge < -0.3 is 10.6 Å². The van der Waals surface area contributed by atoms with E-state index in [-0.39, 0.29) is 11.4 Å². The van der Waals surface area contributed by atoms with Crippen LogP contribution in [0, 0.1) is 0 Å². The number of thioether (sulfide) groups is 1. The molecule has 3 aromatic rings. The van der Waals surface area contributed by atoms with Crippen molar-refractivity contribution in [1.82, 2.24) is 9.97 Å². The molecule has 0 aliphatic heterocycles. The number of nitrogens with zero attached hydrogens (tertiary/aromatic N) is 3. The van der Waals surface area contributed by atoms with Gasteiger partial charge >= 0.3 is 5.97 Å². The van der Waals surface area contributed by atoms with Crippen LogP contribution in [0.3, 0.4) is 0 Å². The molecule has 10 heteroatoms. The maximum atomic E-state index is 12.5. The maximum Gasteiger partial charge on any atom is 0.332 e. The molecule has 0 saturated heterocycles. The lowest BCUT2D eigenvalue weighted by molar-refractivity contribution is -0.140. The number of nitrogen functional groups attached to an aromatic ring is 1. The van der Waals surface area contributed by atoms with E-state index in [2.05, 4.69) is 20.0 Å². The lowest BCUT2D eigenvalue weighted by atomic mass is 10.3. The van der Waals surface area contributed by atoms with Crippen molar-refractivity contribution in [2.24, 2.45) is 5.16 Å². The van der Waals surface area contributed by atoms with Crippen molar-refractivity contribution in [1.29, 1.82) is 0 Å². The van der Waals surface area contributed by atoms with Crippen molar-refractivity contribution in [2.45, 2.75) is 11.3 Å². The lowest BCUT2D eigenvalue weighted by Crippen LogP contribution is -2.14. The molecule has 24 heavy (non-hydrogen) atoms. The summed E-state index contributed by atoms with van der Waals surface area (Å²) in [6.07, 6.45) is 0. The van der Waals surface area contributed by atoms with E-state index in [0.717, 1.165) is 22.0 Å². The highest BCUT2D eigenvalue weighted by Gasteiger charge is 2.21. The quantitative estimate of drug-likeness (QED) is 0.322. The van der Waals surface area contributed by atoms with E-state index in [0.29, 0.717) is 9.47 Å². The van der Waals surface area contributed by atoms with E-state index in [1.807, 2.05) is 24.3 Å². The van der Waals surface area contributed by atoms with Crippen LogP contribution < -0.4 is 5.73 Å². The number of thiazole rings is 2. The van der Waals surface area contributed by atoms with Crippen LogP contribution >= 0.6 is 34.4 Å². The molecule has 0 saturated carbocycles. The van der Waals surface area contributed by atoms with E-state index >= 15 is 0 Å². The average Bonchev–Trinajstić information content (AvgIpc) is 3.12. The van der Waals surface area contributed by atoms with Gasteiger partial charge in [0.15, 0.2) is 15.2 Å². The van der Waals surface area contributed by atoms with Gasteiger partial charge in [-0.15, -0.1) is 22.7 Å². The van der Waals surface area contributed by atoms with Crippen molar-refractivity contribution < 1.29 is 14.4 Å². The molecule has 0 spiro atoms. The smallest absolute Gasteiger partial charge is 0.332 e. The highest BCUT2D eigenvalue weighted by Crippen LogP contribution is 2.30. The Balaban J connectivity index is 1.87. The molecule has 122 valence electrons. The molecule has 0 fully saturated rings. The molecule has 0 amide bonds. The number of carbonyl (C=O) groups excluding carboxylic acids is 2. The first-order chi connectivity index (χ1) is 11.5. The monoisotopic (exact) mass is 378 g/mol. The molecule has 0 atom stereocenters. The van der Waals surface area contributed by atoms with Gasteiger partial charge in [-0.25, -0.2) is 14.8 Å². The van der Waals surface area contributed by atoms with Crippen LogP contribution in [0.4, 0.5) is 5.13 Å². The normalized spacial score (nSPS) is 11.6. The fourth-order valence-electron chi connectivity index (χ4n) is 1.72. The Hall–Kier alpha value is -2.30. The molecule has 2 heterocycles. The van der Waals surface area contributed by atoms with Gasteiger partial charge in [-0.3, -0.25) is 4.79 Å². The van der Waals surface area contributed by atoms with Gasteiger partial charge in [0.05, 0.1) is 10.2 Å². The number of nitrogens with two attached hydrogens (primary N) is 1. The molecular formula is C14H10N4O3S3. The number of rotatable bonds is 4. The summed E-state index contributed by atoms with van der Waals surface area (Å²) >= 11 is 3.46. The first-order valence-electron chi connectivity index (χ1n) is 6.57. The molecule has 0 aliphatic rings. The van der Waals surface area contributed by atoms with Crippen LogP contribution in [0.2, 0.25) is 0 Å². The summed E-state index contributed by atoms with van der Waals surface area (Å²) in [5.74, 6) is -0.631. The van der Waals surface area contributed by atoms with Crippen molar-refractivity contribution in [3.05, 3.63) is 35.3 Å². The first-order valence-corrected chi connectivity index (χ1v) is 9.09.